The van der Waals surface area contributed by atoms with E-state index in [1.54, 1.807) is 75.8 Å². The minimum absolute atomic E-state index is 0.00181. The van der Waals surface area contributed by atoms with E-state index < -0.39 is 60.3 Å². The topological polar surface area (TPSA) is 324 Å². The molecule has 10 rings (SSSR count). The van der Waals surface area contributed by atoms with Crippen molar-refractivity contribution in [1.82, 2.24) is 66.4 Å². The highest BCUT2D eigenvalue weighted by atomic mass is 32.1. The lowest BCUT2D eigenvalue weighted by atomic mass is 9.97. The minimum Gasteiger partial charge on any atom is -0.469 e. The average molecular weight is 1270 g/mol. The molecule has 10 bridgehead atoms. The molecule has 0 unspecified atom stereocenters. The summed E-state index contributed by atoms with van der Waals surface area (Å²) in [5.74, 6) is -3.39. The number of hydrogen-bond acceptors (Lipinski definition) is 23. The Morgan fingerprint density at radius 2 is 1.41 bits per heavy atom. The van der Waals surface area contributed by atoms with Crippen molar-refractivity contribution in [2.24, 2.45) is 11.8 Å². The van der Waals surface area contributed by atoms with Crippen LogP contribution < -0.4 is 31.9 Å². The number of aryl methyl sites for hydroxylation is 1. The number of rotatable bonds is 10. The van der Waals surface area contributed by atoms with Crippen LogP contribution in [0.15, 0.2) is 64.0 Å². The third-order valence-corrected chi connectivity index (χ3v) is 19.5. The van der Waals surface area contributed by atoms with Crippen LogP contribution in [-0.2, 0) is 30.5 Å². The molecule has 7 N–H and O–H groups in total. The molecule has 30 heteroatoms. The maximum atomic E-state index is 14.3. The number of carbonyl (C=O) groups is 7. The van der Waals surface area contributed by atoms with Gasteiger partial charge in [-0.25, -0.2) is 39.7 Å². The molecule has 1 fully saturated rings. The molecule has 1 aromatic carbocycles. The molecule has 1 saturated heterocycles. The zero-order chi connectivity index (χ0) is 60.1. The van der Waals surface area contributed by atoms with E-state index in [0.29, 0.717) is 105 Å². The van der Waals surface area contributed by atoms with Crippen molar-refractivity contribution >= 4 is 115 Å². The summed E-state index contributed by atoms with van der Waals surface area (Å²) in [6.07, 6.45) is -0.541. The number of aliphatic hydroxyl groups is 1. The van der Waals surface area contributed by atoms with Gasteiger partial charge in [-0.1, -0.05) is 44.2 Å². The number of nitrogens with zero attached hydrogens (tertiary/aromatic N) is 8. The third kappa shape index (κ3) is 13.7. The van der Waals surface area contributed by atoms with E-state index in [4.69, 9.17) is 44.4 Å². The Hall–Kier alpha value is -7.84. The molecular formula is C55H56N14O10S6. The van der Waals surface area contributed by atoms with Crippen LogP contribution in [-0.4, -0.2) is 127 Å². The van der Waals surface area contributed by atoms with Crippen molar-refractivity contribution in [2.75, 3.05) is 46.2 Å². The standard InChI is InChI=1S/C55H56N14O10S6/c1-25(2)39-53-68-42(35(85-53)20-78-5)46(74)57-19-38(71)65-43(44(72)27-10-8-7-9-11-27)52-62-34(23-82-52)50-60-32(21-81-50)41-29(12-13-30(58-41)49-63-36(24-83-49)64-55(77)69-16-14-28(15-17-69)54(76)79-6)48-61-33(22-80-48)45(73)59-31(18-37(70)56-4)51-67-40(26(3)84-51)47(75)66-39/h7-13,21-25,28,31,39,43-44,72H,14-20H2,1-6H3,(H,56,70)(H,57,74)(H,59,73)(H,64,77)(H,65,71)(H,66,75)/t31-,39-,43-,44-/m0/s1. The molecule has 2 aliphatic heterocycles. The Morgan fingerprint density at radius 1 is 0.706 bits per heavy atom. The Labute approximate surface area is 510 Å². The first-order valence-corrected chi connectivity index (χ1v) is 31.7. The molecule has 8 aromatic rings. The van der Waals surface area contributed by atoms with Gasteiger partial charge in [-0.15, -0.1) is 68.0 Å². The molecule has 85 heavy (non-hydrogen) atoms. The lowest BCUT2D eigenvalue weighted by Crippen LogP contribution is -2.42. The van der Waals surface area contributed by atoms with Crippen molar-refractivity contribution < 1.29 is 48.1 Å². The Kier molecular flexibility index (Phi) is 18.9. The number of piperidine rings is 1. The number of ether oxygens (including phenoxy) is 2. The predicted molar refractivity (Wildman–Crippen MR) is 322 cm³/mol. The van der Waals surface area contributed by atoms with Gasteiger partial charge in [-0.3, -0.25) is 34.1 Å². The number of urea groups is 1. The highest BCUT2D eigenvalue weighted by molar-refractivity contribution is 7.15. The first-order chi connectivity index (χ1) is 41.0. The zero-order valence-corrected chi connectivity index (χ0v) is 51.3. The molecule has 9 heterocycles. The molecule has 0 radical (unpaired) electrons. The molecule has 0 saturated carbocycles. The first kappa shape index (κ1) is 60.3. The van der Waals surface area contributed by atoms with Gasteiger partial charge in [0.2, 0.25) is 11.8 Å². The number of anilines is 1. The number of likely N-dealkylation sites (tertiary alicyclic amines) is 1. The molecule has 0 aliphatic carbocycles. The van der Waals surface area contributed by atoms with Crippen LogP contribution in [0.1, 0.15) is 119 Å². The van der Waals surface area contributed by atoms with Crippen LogP contribution in [0, 0.1) is 18.8 Å². The number of fused-ring (bicyclic) bond motifs is 14. The van der Waals surface area contributed by atoms with Crippen molar-refractivity contribution in [1.29, 1.82) is 0 Å². The Morgan fingerprint density at radius 3 is 2.15 bits per heavy atom. The number of methoxy groups -OCH3 is 2. The predicted octanol–water partition coefficient (Wildman–Crippen LogP) is 7.73. The maximum absolute atomic E-state index is 14.3. The first-order valence-electron chi connectivity index (χ1n) is 26.6. The summed E-state index contributed by atoms with van der Waals surface area (Å²) in [6, 6.07) is 9.16. The number of amides is 7. The van der Waals surface area contributed by atoms with E-state index in [-0.39, 0.29) is 53.9 Å². The second-order valence-electron chi connectivity index (χ2n) is 19.9. The highest BCUT2D eigenvalue weighted by Crippen LogP contribution is 2.40. The van der Waals surface area contributed by atoms with Crippen LogP contribution >= 0.6 is 68.0 Å². The summed E-state index contributed by atoms with van der Waals surface area (Å²) < 4.78 is 10.4. The van der Waals surface area contributed by atoms with Crippen LogP contribution in [0.3, 0.4) is 0 Å². The van der Waals surface area contributed by atoms with E-state index in [0.717, 1.165) is 11.3 Å². The van der Waals surface area contributed by atoms with E-state index in [1.165, 1.54) is 78.0 Å². The summed E-state index contributed by atoms with van der Waals surface area (Å²) >= 11 is 7.21. The van der Waals surface area contributed by atoms with Crippen LogP contribution in [0.25, 0.3) is 43.4 Å². The lowest BCUT2D eigenvalue weighted by Gasteiger charge is -2.30. The zero-order valence-electron chi connectivity index (χ0n) is 46.4. The summed E-state index contributed by atoms with van der Waals surface area (Å²) in [4.78, 5) is 132. The second-order valence-corrected chi connectivity index (χ2v) is 25.7. The SMILES string of the molecule is CNC(=O)C[C@@H]1NC(=O)c2csc(n2)-c2ccc(-c3nc(NC(=O)N4CCC(C(=O)OC)CC4)cs3)nc2-c2csc(n2)-c2csc(n2)[C@H]([C@@H](O)c2ccccc2)NC(=O)CNC(=O)c2nc(sc2COC)[C@H](C(C)C)NC(=O)c2nc1sc2C. The van der Waals surface area contributed by atoms with Gasteiger partial charge in [-0.2, -0.15) is 0 Å². The van der Waals surface area contributed by atoms with Gasteiger partial charge >= 0.3 is 12.0 Å². The van der Waals surface area contributed by atoms with E-state index >= 15 is 0 Å². The van der Waals surface area contributed by atoms with Gasteiger partial charge in [0.15, 0.2) is 0 Å². The number of aromatic nitrogens is 7. The van der Waals surface area contributed by atoms with Crippen molar-refractivity contribution in [3.63, 3.8) is 0 Å². The smallest absolute Gasteiger partial charge is 0.323 e. The van der Waals surface area contributed by atoms with Gasteiger partial charge in [0.25, 0.3) is 17.7 Å². The fraction of sp³-hybridized carbons (Fsp3) is 0.345. The van der Waals surface area contributed by atoms with Crippen molar-refractivity contribution in [2.45, 2.75) is 70.9 Å². The largest absolute Gasteiger partial charge is 0.469 e. The molecule has 442 valence electrons. The lowest BCUT2D eigenvalue weighted by molar-refractivity contribution is -0.146. The fourth-order valence-corrected chi connectivity index (χ4v) is 14.8. The van der Waals surface area contributed by atoms with Gasteiger partial charge in [0.1, 0.15) is 82.2 Å². The van der Waals surface area contributed by atoms with Gasteiger partial charge < -0.3 is 46.1 Å². The summed E-state index contributed by atoms with van der Waals surface area (Å²) in [6.45, 7) is 5.70. The van der Waals surface area contributed by atoms with E-state index in [9.17, 15) is 38.7 Å². The second kappa shape index (κ2) is 26.6. The molecule has 7 aromatic heterocycles. The van der Waals surface area contributed by atoms with Crippen LogP contribution in [0.4, 0.5) is 10.6 Å². The Balaban J connectivity index is 1.02. The van der Waals surface area contributed by atoms with E-state index in [2.05, 4.69) is 31.9 Å². The minimum atomic E-state index is -1.28. The number of aliphatic hydroxyl groups excluding tert-OH is 1. The number of carbonyl (C=O) groups excluding carboxylic acids is 7. The molecular weight excluding hydrogens is 1210 g/mol. The highest BCUT2D eigenvalue weighted by Gasteiger charge is 2.34. The number of hydrogen-bond donors (Lipinski definition) is 7. The summed E-state index contributed by atoms with van der Waals surface area (Å²) in [5.41, 5.74) is 2.74. The van der Waals surface area contributed by atoms with Crippen molar-refractivity contribution in [3.05, 3.63) is 111 Å². The maximum Gasteiger partial charge on any atom is 0.323 e. The number of thiazole rings is 6. The quantitative estimate of drug-likeness (QED) is 0.0644. The Bertz CT molecular complexity index is 3790. The average Bonchev–Trinajstić information content (AvgIpc) is 4.07. The number of esters is 1. The monoisotopic (exact) mass is 1260 g/mol. The van der Waals surface area contributed by atoms with Gasteiger partial charge in [0.05, 0.1) is 55.3 Å². The number of pyridine rings is 1. The van der Waals surface area contributed by atoms with Crippen LogP contribution in [0.2, 0.25) is 0 Å². The third-order valence-electron chi connectivity index (χ3n) is 13.8. The molecule has 4 atom stereocenters. The van der Waals surface area contributed by atoms with E-state index in [1.807, 2.05) is 13.8 Å². The normalized spacial score (nSPS) is 17.5. The molecule has 2 aliphatic rings. The summed E-state index contributed by atoms with van der Waals surface area (Å²) in [5, 5.41) is 38.1. The van der Waals surface area contributed by atoms with Gasteiger partial charge in [-0.05, 0) is 43.4 Å². The van der Waals surface area contributed by atoms with Gasteiger partial charge in [0, 0.05) is 59.2 Å². The molecule has 7 amide bonds. The summed E-state index contributed by atoms with van der Waals surface area (Å²) in [7, 11) is 4.29. The number of benzene rings is 1. The van der Waals surface area contributed by atoms with Crippen LogP contribution in [0.5, 0.6) is 0 Å². The number of nitrogens with one attached hydrogen (secondary N) is 6. The molecule has 24 nitrogen and oxygen atoms in total. The fourth-order valence-electron chi connectivity index (χ4n) is 9.31. The molecule has 0 spiro atoms. The van der Waals surface area contributed by atoms with Crippen molar-refractivity contribution in [3.8, 4) is 43.4 Å².